The summed E-state index contributed by atoms with van der Waals surface area (Å²) in [4.78, 5) is 9.51. The highest BCUT2D eigenvalue weighted by Crippen LogP contribution is 2.18. The Kier molecular flexibility index (Phi) is 6.10. The van der Waals surface area contributed by atoms with Gasteiger partial charge in [0.05, 0.1) is 0 Å². The van der Waals surface area contributed by atoms with Crippen molar-refractivity contribution in [3.05, 3.63) is 72.3 Å². The average Bonchev–Trinajstić information content (AvgIpc) is 2.41. The molecule has 0 bridgehead atoms. The van der Waals surface area contributed by atoms with E-state index in [4.69, 9.17) is 5.11 Å². The molecule has 2 aromatic rings. The van der Waals surface area contributed by atoms with Crippen LogP contribution < -0.4 is 0 Å². The molecule has 0 aliphatic heterocycles. The maximum absolute atomic E-state index is 9.51. The second-order valence-electron chi connectivity index (χ2n) is 4.07. The number of allylic oxidation sites excluding steroid dienone is 1. The zero-order valence-corrected chi connectivity index (χ0v) is 11.2. The summed E-state index contributed by atoms with van der Waals surface area (Å²) in [7, 11) is 0. The Morgan fingerprint density at radius 3 is 1.89 bits per heavy atom. The van der Waals surface area contributed by atoms with E-state index >= 15 is 0 Å². The van der Waals surface area contributed by atoms with Crippen LogP contribution in [0.5, 0.6) is 0 Å². The van der Waals surface area contributed by atoms with E-state index in [-0.39, 0.29) is 0 Å². The van der Waals surface area contributed by atoms with Gasteiger partial charge in [0.25, 0.3) is 0 Å². The van der Waals surface area contributed by atoms with Gasteiger partial charge in [-0.1, -0.05) is 66.2 Å². The van der Waals surface area contributed by atoms with E-state index in [1.54, 1.807) is 6.92 Å². The molecule has 0 spiro atoms. The monoisotopic (exact) mass is 254 g/mol. The summed E-state index contributed by atoms with van der Waals surface area (Å²) in [5.41, 5.74) is 3.87. The van der Waals surface area contributed by atoms with Gasteiger partial charge in [-0.3, -0.25) is 0 Å². The second-order valence-corrected chi connectivity index (χ2v) is 4.07. The summed E-state index contributed by atoms with van der Waals surface area (Å²) in [6.45, 7) is 3.77. The lowest BCUT2D eigenvalue weighted by molar-refractivity contribution is -0.131. The van der Waals surface area contributed by atoms with Crippen LogP contribution in [-0.4, -0.2) is 11.1 Å². The minimum absolute atomic E-state index is 0.891. The highest BCUT2D eigenvalue weighted by molar-refractivity contribution is 5.79. The number of carboxylic acid groups (broad SMARTS) is 1. The Morgan fingerprint density at radius 1 is 0.947 bits per heavy atom. The first-order valence-electron chi connectivity index (χ1n) is 6.11. The largest absolute Gasteiger partial charge is 0.478 e. The summed E-state index contributed by atoms with van der Waals surface area (Å²) in [5.74, 6) is -0.891. The molecule has 0 radical (unpaired) electrons. The number of benzene rings is 2. The Hall–Kier alpha value is -2.35. The van der Waals surface area contributed by atoms with Crippen molar-refractivity contribution in [1.29, 1.82) is 0 Å². The summed E-state index contributed by atoms with van der Waals surface area (Å²) in [5, 5.41) is 7.83. The van der Waals surface area contributed by atoms with Crippen LogP contribution in [0.4, 0.5) is 0 Å². The van der Waals surface area contributed by atoms with Gasteiger partial charge in [0.2, 0.25) is 0 Å². The van der Waals surface area contributed by atoms with Gasteiger partial charge in [-0.25, -0.2) is 4.79 Å². The number of hydrogen-bond donors (Lipinski definition) is 1. The fourth-order valence-electron chi connectivity index (χ4n) is 1.52. The van der Waals surface area contributed by atoms with Crippen molar-refractivity contribution in [2.24, 2.45) is 0 Å². The SMILES string of the molecule is CC=CC(=O)O.Cc1ccc(-c2ccccc2)cc1. The lowest BCUT2D eigenvalue weighted by Gasteiger charge is -2.00. The van der Waals surface area contributed by atoms with Crippen LogP contribution in [0.1, 0.15) is 12.5 Å². The van der Waals surface area contributed by atoms with Crippen molar-refractivity contribution in [3.63, 3.8) is 0 Å². The second kappa shape index (κ2) is 7.88. The van der Waals surface area contributed by atoms with Crippen LogP contribution in [0, 0.1) is 6.92 Å². The minimum Gasteiger partial charge on any atom is -0.478 e. The number of aliphatic carboxylic acids is 1. The maximum Gasteiger partial charge on any atom is 0.327 e. The van der Waals surface area contributed by atoms with Gasteiger partial charge in [-0.15, -0.1) is 0 Å². The third kappa shape index (κ3) is 5.68. The van der Waals surface area contributed by atoms with Gasteiger partial charge >= 0.3 is 5.97 Å². The van der Waals surface area contributed by atoms with Crippen LogP contribution >= 0.6 is 0 Å². The van der Waals surface area contributed by atoms with Crippen LogP contribution in [0.2, 0.25) is 0 Å². The number of rotatable bonds is 2. The molecule has 1 N–H and O–H groups in total. The molecule has 2 aromatic carbocycles. The first-order chi connectivity index (χ1) is 9.13. The molecule has 2 rings (SSSR count). The van der Waals surface area contributed by atoms with Crippen molar-refractivity contribution < 1.29 is 9.90 Å². The number of carbonyl (C=O) groups is 1. The van der Waals surface area contributed by atoms with Crippen LogP contribution in [0.25, 0.3) is 11.1 Å². The van der Waals surface area contributed by atoms with Crippen LogP contribution in [0.3, 0.4) is 0 Å². The van der Waals surface area contributed by atoms with Gasteiger partial charge in [0, 0.05) is 6.08 Å². The van der Waals surface area contributed by atoms with Gasteiger partial charge in [-0.05, 0) is 25.0 Å². The normalized spacial score (nSPS) is 9.79. The van der Waals surface area contributed by atoms with E-state index in [1.165, 1.54) is 22.8 Å². The third-order valence-electron chi connectivity index (χ3n) is 2.47. The molecule has 0 aromatic heterocycles. The Bertz CT molecular complexity index is 525. The topological polar surface area (TPSA) is 37.3 Å². The molecule has 98 valence electrons. The van der Waals surface area contributed by atoms with E-state index in [0.717, 1.165) is 6.08 Å². The molecule has 0 amide bonds. The lowest BCUT2D eigenvalue weighted by atomic mass is 10.0. The average molecular weight is 254 g/mol. The highest BCUT2D eigenvalue weighted by atomic mass is 16.4. The molecular weight excluding hydrogens is 236 g/mol. The van der Waals surface area contributed by atoms with Gasteiger partial charge < -0.3 is 5.11 Å². The maximum atomic E-state index is 9.51. The first kappa shape index (κ1) is 14.7. The molecule has 0 unspecified atom stereocenters. The molecule has 0 fully saturated rings. The zero-order valence-electron chi connectivity index (χ0n) is 11.2. The summed E-state index contributed by atoms with van der Waals surface area (Å²) < 4.78 is 0. The van der Waals surface area contributed by atoms with E-state index in [2.05, 4.69) is 55.5 Å². The molecule has 0 aliphatic rings. The van der Waals surface area contributed by atoms with Crippen molar-refractivity contribution in [1.82, 2.24) is 0 Å². The van der Waals surface area contributed by atoms with Gasteiger partial charge in [-0.2, -0.15) is 0 Å². The van der Waals surface area contributed by atoms with Crippen LogP contribution in [-0.2, 0) is 4.79 Å². The summed E-state index contributed by atoms with van der Waals surface area (Å²) in [6.07, 6.45) is 2.56. The quantitative estimate of drug-likeness (QED) is 0.811. The molecule has 2 nitrogen and oxygen atoms in total. The van der Waals surface area contributed by atoms with E-state index < -0.39 is 5.97 Å². The minimum atomic E-state index is -0.891. The standard InChI is InChI=1S/C13H12.C4H6O2/c1-11-7-9-13(10-8-11)12-5-3-2-4-6-12;1-2-3-4(5)6/h2-10H,1H3;2-3H,1H3,(H,5,6). The smallest absolute Gasteiger partial charge is 0.327 e. The number of aryl methyl sites for hydroxylation is 1. The molecule has 0 aliphatic carbocycles. The first-order valence-corrected chi connectivity index (χ1v) is 6.11. The van der Waals surface area contributed by atoms with Gasteiger partial charge in [0.15, 0.2) is 0 Å². The van der Waals surface area contributed by atoms with Gasteiger partial charge in [0.1, 0.15) is 0 Å². The van der Waals surface area contributed by atoms with Crippen molar-refractivity contribution >= 4 is 5.97 Å². The lowest BCUT2D eigenvalue weighted by Crippen LogP contribution is -1.83. The molecule has 2 heteroatoms. The zero-order chi connectivity index (χ0) is 14.1. The summed E-state index contributed by atoms with van der Waals surface area (Å²) >= 11 is 0. The Labute approximate surface area is 114 Å². The molecule has 0 heterocycles. The van der Waals surface area contributed by atoms with E-state index in [9.17, 15) is 4.79 Å². The van der Waals surface area contributed by atoms with Crippen molar-refractivity contribution in [2.45, 2.75) is 13.8 Å². The number of hydrogen-bond acceptors (Lipinski definition) is 1. The fraction of sp³-hybridized carbons (Fsp3) is 0.118. The van der Waals surface area contributed by atoms with Crippen LogP contribution in [0.15, 0.2) is 66.7 Å². The fourth-order valence-corrected chi connectivity index (χ4v) is 1.52. The molecule has 0 saturated heterocycles. The van der Waals surface area contributed by atoms with Crippen molar-refractivity contribution in [2.75, 3.05) is 0 Å². The van der Waals surface area contributed by atoms with E-state index in [0.29, 0.717) is 0 Å². The van der Waals surface area contributed by atoms with Crippen molar-refractivity contribution in [3.8, 4) is 11.1 Å². The molecule has 0 atom stereocenters. The molecule has 19 heavy (non-hydrogen) atoms. The Morgan fingerprint density at radius 2 is 1.47 bits per heavy atom. The predicted molar refractivity (Wildman–Crippen MR) is 79.1 cm³/mol. The highest BCUT2D eigenvalue weighted by Gasteiger charge is 1.93. The molecular formula is C17H18O2. The Balaban J connectivity index is 0.000000258. The number of carboxylic acids is 1. The third-order valence-corrected chi connectivity index (χ3v) is 2.47. The van der Waals surface area contributed by atoms with E-state index in [1.807, 2.05) is 6.07 Å². The summed E-state index contributed by atoms with van der Waals surface area (Å²) in [6, 6.07) is 19.0. The molecule has 0 saturated carbocycles. The predicted octanol–water partition coefficient (Wildman–Crippen LogP) is 4.31.